The molecule has 0 aliphatic heterocycles. The number of hydrogen-bond donors (Lipinski definition) is 1. The maximum absolute atomic E-state index is 11.3. The number of benzene rings is 1. The maximum Gasteiger partial charge on any atom is 0.272 e. The fraction of sp³-hybridized carbons (Fsp3) is 0.182. The van der Waals surface area contributed by atoms with Crippen LogP contribution in [0.1, 0.15) is 17.1 Å². The zero-order valence-electron chi connectivity index (χ0n) is 8.70. The molecule has 0 saturated carbocycles. The molecule has 0 bridgehead atoms. The number of aryl methyl sites for hydroxylation is 1. The molecule has 0 saturated heterocycles. The van der Waals surface area contributed by atoms with Crippen LogP contribution in [-0.2, 0) is 6.42 Å². The zero-order chi connectivity index (χ0) is 11.5. The first-order chi connectivity index (χ1) is 7.66. The molecule has 0 unspecified atom stereocenters. The largest absolute Gasteiger partial charge is 0.307 e. The molecule has 1 heterocycles. The molecule has 2 rings (SSSR count). The Morgan fingerprint density at radius 1 is 1.31 bits per heavy atom. The Labute approximate surface area is 101 Å². The molecule has 16 heavy (non-hydrogen) atoms. The highest BCUT2D eigenvalue weighted by Crippen LogP contribution is 2.17. The SMILES string of the molecule is Cc1nnc(Cc2ccccc2Br)[nH]c1=O. The Morgan fingerprint density at radius 2 is 2.06 bits per heavy atom. The predicted octanol–water partition coefficient (Wildman–Crippen LogP) is 1.83. The van der Waals surface area contributed by atoms with Gasteiger partial charge in [0, 0.05) is 10.9 Å². The van der Waals surface area contributed by atoms with E-state index in [1.807, 2.05) is 24.3 Å². The average Bonchev–Trinajstić information content (AvgIpc) is 2.27. The lowest BCUT2D eigenvalue weighted by Crippen LogP contribution is -2.16. The van der Waals surface area contributed by atoms with Crippen molar-refractivity contribution in [3.05, 3.63) is 56.2 Å². The number of aromatic nitrogens is 3. The van der Waals surface area contributed by atoms with Crippen LogP contribution < -0.4 is 5.56 Å². The van der Waals surface area contributed by atoms with Gasteiger partial charge in [0.25, 0.3) is 5.56 Å². The summed E-state index contributed by atoms with van der Waals surface area (Å²) in [5, 5.41) is 7.74. The van der Waals surface area contributed by atoms with E-state index >= 15 is 0 Å². The van der Waals surface area contributed by atoms with E-state index in [9.17, 15) is 4.79 Å². The summed E-state index contributed by atoms with van der Waals surface area (Å²) in [5.74, 6) is 0.572. The first-order valence-electron chi connectivity index (χ1n) is 4.82. The van der Waals surface area contributed by atoms with Crippen LogP contribution in [0.2, 0.25) is 0 Å². The van der Waals surface area contributed by atoms with Gasteiger partial charge in [-0.1, -0.05) is 34.1 Å². The van der Waals surface area contributed by atoms with Gasteiger partial charge in [0.2, 0.25) is 0 Å². The molecule has 0 fully saturated rings. The van der Waals surface area contributed by atoms with E-state index in [1.165, 1.54) is 0 Å². The molecule has 0 radical (unpaired) electrons. The molecule has 1 N–H and O–H groups in total. The highest BCUT2D eigenvalue weighted by atomic mass is 79.9. The minimum Gasteiger partial charge on any atom is -0.307 e. The summed E-state index contributed by atoms with van der Waals surface area (Å²) < 4.78 is 0.998. The summed E-state index contributed by atoms with van der Waals surface area (Å²) >= 11 is 3.45. The second-order valence-electron chi connectivity index (χ2n) is 3.45. The van der Waals surface area contributed by atoms with Crippen LogP contribution >= 0.6 is 15.9 Å². The minimum atomic E-state index is -0.183. The molecule has 5 heteroatoms. The number of nitrogens with zero attached hydrogens (tertiary/aromatic N) is 2. The van der Waals surface area contributed by atoms with Gasteiger partial charge in [0.05, 0.1) is 0 Å². The van der Waals surface area contributed by atoms with Crippen molar-refractivity contribution >= 4 is 15.9 Å². The number of hydrogen-bond acceptors (Lipinski definition) is 3. The lowest BCUT2D eigenvalue weighted by molar-refractivity contribution is 0.817. The van der Waals surface area contributed by atoms with Gasteiger partial charge in [-0.3, -0.25) is 4.79 Å². The molecule has 0 atom stereocenters. The fourth-order valence-electron chi connectivity index (χ4n) is 1.33. The third-order valence-corrected chi connectivity index (χ3v) is 3.00. The highest BCUT2D eigenvalue weighted by molar-refractivity contribution is 9.10. The molecule has 0 amide bonds. The van der Waals surface area contributed by atoms with E-state index < -0.39 is 0 Å². The Bertz CT molecular complexity index is 565. The van der Waals surface area contributed by atoms with Crippen LogP contribution in [0.15, 0.2) is 33.5 Å². The molecule has 0 spiro atoms. The van der Waals surface area contributed by atoms with Crippen molar-refractivity contribution < 1.29 is 0 Å². The molecule has 0 aliphatic rings. The van der Waals surface area contributed by atoms with Crippen molar-refractivity contribution in [2.45, 2.75) is 13.3 Å². The van der Waals surface area contributed by atoms with Gasteiger partial charge in [-0.15, -0.1) is 10.2 Å². The van der Waals surface area contributed by atoms with Crippen molar-refractivity contribution in [2.24, 2.45) is 0 Å². The third-order valence-electron chi connectivity index (χ3n) is 2.22. The van der Waals surface area contributed by atoms with Gasteiger partial charge in [0.1, 0.15) is 11.5 Å². The number of nitrogens with one attached hydrogen (secondary N) is 1. The van der Waals surface area contributed by atoms with Gasteiger partial charge in [-0.05, 0) is 18.6 Å². The Balaban J connectivity index is 2.31. The summed E-state index contributed by atoms with van der Waals surface area (Å²) in [6.07, 6.45) is 0.559. The molecular weight excluding hydrogens is 270 g/mol. The summed E-state index contributed by atoms with van der Waals surface area (Å²) in [6.45, 7) is 1.63. The fourth-order valence-corrected chi connectivity index (χ4v) is 1.75. The number of rotatable bonds is 2. The summed E-state index contributed by atoms with van der Waals surface area (Å²) in [6, 6.07) is 7.82. The van der Waals surface area contributed by atoms with Crippen LogP contribution in [0.25, 0.3) is 0 Å². The topological polar surface area (TPSA) is 58.6 Å². The molecular formula is C11H10BrN3O. The Hall–Kier alpha value is -1.49. The lowest BCUT2D eigenvalue weighted by Gasteiger charge is -2.02. The van der Waals surface area contributed by atoms with E-state index in [0.717, 1.165) is 10.0 Å². The van der Waals surface area contributed by atoms with Gasteiger partial charge >= 0.3 is 0 Å². The van der Waals surface area contributed by atoms with Crippen LogP contribution in [0.5, 0.6) is 0 Å². The van der Waals surface area contributed by atoms with E-state index in [-0.39, 0.29) is 5.56 Å². The van der Waals surface area contributed by atoms with Crippen LogP contribution in [-0.4, -0.2) is 15.2 Å². The maximum atomic E-state index is 11.3. The van der Waals surface area contributed by atoms with Crippen molar-refractivity contribution in [3.63, 3.8) is 0 Å². The third kappa shape index (κ3) is 2.36. The van der Waals surface area contributed by atoms with E-state index in [2.05, 4.69) is 31.1 Å². The van der Waals surface area contributed by atoms with E-state index in [0.29, 0.717) is 17.9 Å². The zero-order valence-corrected chi connectivity index (χ0v) is 10.3. The minimum absolute atomic E-state index is 0.183. The summed E-state index contributed by atoms with van der Waals surface area (Å²) in [5.41, 5.74) is 1.27. The monoisotopic (exact) mass is 279 g/mol. The molecule has 1 aromatic carbocycles. The molecule has 2 aromatic rings. The van der Waals surface area contributed by atoms with Crippen molar-refractivity contribution in [2.75, 3.05) is 0 Å². The van der Waals surface area contributed by atoms with Crippen LogP contribution in [0.4, 0.5) is 0 Å². The first-order valence-corrected chi connectivity index (χ1v) is 5.62. The second kappa shape index (κ2) is 4.57. The van der Waals surface area contributed by atoms with Crippen molar-refractivity contribution in [1.82, 2.24) is 15.2 Å². The number of aromatic amines is 1. The number of H-pyrrole nitrogens is 1. The second-order valence-corrected chi connectivity index (χ2v) is 4.31. The predicted molar refractivity (Wildman–Crippen MR) is 64.3 cm³/mol. The smallest absolute Gasteiger partial charge is 0.272 e. The van der Waals surface area contributed by atoms with Crippen molar-refractivity contribution in [3.8, 4) is 0 Å². The van der Waals surface area contributed by atoms with Gasteiger partial charge < -0.3 is 4.98 Å². The normalized spacial score (nSPS) is 10.4. The van der Waals surface area contributed by atoms with Gasteiger partial charge in [-0.2, -0.15) is 0 Å². The quantitative estimate of drug-likeness (QED) is 0.913. The lowest BCUT2D eigenvalue weighted by atomic mass is 10.1. The molecule has 4 nitrogen and oxygen atoms in total. The summed E-state index contributed by atoms with van der Waals surface area (Å²) in [4.78, 5) is 14.0. The molecule has 1 aromatic heterocycles. The summed E-state index contributed by atoms with van der Waals surface area (Å²) in [7, 11) is 0. The Morgan fingerprint density at radius 3 is 2.75 bits per heavy atom. The standard InChI is InChI=1S/C11H10BrN3O/c1-7-11(16)13-10(15-14-7)6-8-4-2-3-5-9(8)12/h2-5H,6H2,1H3,(H,13,15,16). The van der Waals surface area contributed by atoms with Crippen molar-refractivity contribution in [1.29, 1.82) is 0 Å². The van der Waals surface area contributed by atoms with Gasteiger partial charge in [0.15, 0.2) is 0 Å². The molecule has 0 aliphatic carbocycles. The van der Waals surface area contributed by atoms with Gasteiger partial charge in [-0.25, -0.2) is 0 Å². The average molecular weight is 280 g/mol. The van der Waals surface area contributed by atoms with Crippen LogP contribution in [0.3, 0.4) is 0 Å². The van der Waals surface area contributed by atoms with E-state index in [1.54, 1.807) is 6.92 Å². The Kier molecular flexibility index (Phi) is 3.14. The first kappa shape index (κ1) is 11.0. The van der Waals surface area contributed by atoms with Crippen LogP contribution in [0, 0.1) is 6.92 Å². The number of halogens is 1. The van der Waals surface area contributed by atoms with E-state index in [4.69, 9.17) is 0 Å². The highest BCUT2D eigenvalue weighted by Gasteiger charge is 2.04. The molecule has 82 valence electrons.